The van der Waals surface area contributed by atoms with E-state index in [2.05, 4.69) is 5.10 Å². The topological polar surface area (TPSA) is 61.2 Å². The van der Waals surface area contributed by atoms with Crippen molar-refractivity contribution in [3.8, 4) is 11.3 Å². The molecule has 0 aliphatic heterocycles. The Labute approximate surface area is 172 Å². The second-order valence-corrected chi connectivity index (χ2v) is 6.50. The van der Waals surface area contributed by atoms with Crippen LogP contribution in [0.1, 0.15) is 22.8 Å². The van der Waals surface area contributed by atoms with Gasteiger partial charge in [-0.15, -0.1) is 0 Å². The van der Waals surface area contributed by atoms with E-state index < -0.39 is 17.3 Å². The number of benzene rings is 2. The van der Waals surface area contributed by atoms with Gasteiger partial charge in [0.2, 0.25) is 0 Å². The van der Waals surface area contributed by atoms with E-state index in [1.54, 1.807) is 13.0 Å². The minimum Gasteiger partial charge on any atom is -0.462 e. The third kappa shape index (κ3) is 4.97. The van der Waals surface area contributed by atoms with Gasteiger partial charge in [-0.3, -0.25) is 4.79 Å². The molecule has 3 rings (SSSR count). The zero-order valence-corrected chi connectivity index (χ0v) is 16.4. The zero-order chi connectivity index (χ0) is 20.8. The van der Waals surface area contributed by atoms with Crippen molar-refractivity contribution < 1.29 is 13.9 Å². The lowest BCUT2D eigenvalue weighted by Gasteiger charge is -2.09. The molecule has 2 aromatic carbocycles. The van der Waals surface area contributed by atoms with Gasteiger partial charge in [-0.05, 0) is 36.8 Å². The van der Waals surface area contributed by atoms with Crippen LogP contribution in [-0.2, 0) is 11.3 Å². The number of hydrogen-bond donors (Lipinski definition) is 0. The van der Waals surface area contributed by atoms with Gasteiger partial charge in [0.05, 0.1) is 23.9 Å². The van der Waals surface area contributed by atoms with Gasteiger partial charge < -0.3 is 4.74 Å². The third-order valence-electron chi connectivity index (χ3n) is 4.07. The molecule has 0 spiro atoms. The highest BCUT2D eigenvalue weighted by Crippen LogP contribution is 2.23. The summed E-state index contributed by atoms with van der Waals surface area (Å²) in [5.41, 5.74) is 1.03. The molecule has 0 radical (unpaired) electrons. The summed E-state index contributed by atoms with van der Waals surface area (Å²) in [4.78, 5) is 25.0. The van der Waals surface area contributed by atoms with Crippen LogP contribution in [0.25, 0.3) is 17.3 Å². The van der Waals surface area contributed by atoms with E-state index in [0.29, 0.717) is 11.3 Å². The van der Waals surface area contributed by atoms with Crippen LogP contribution < -0.4 is 5.56 Å². The molecule has 29 heavy (non-hydrogen) atoms. The Morgan fingerprint density at radius 1 is 1.21 bits per heavy atom. The molecule has 0 amide bonds. The molecule has 0 aliphatic rings. The molecule has 0 saturated heterocycles. The number of nitrogens with zero attached hydrogens (tertiary/aromatic N) is 2. The normalized spacial score (nSPS) is 11.0. The van der Waals surface area contributed by atoms with Crippen LogP contribution >= 0.6 is 11.6 Å². The van der Waals surface area contributed by atoms with Gasteiger partial charge in [0.1, 0.15) is 11.4 Å². The van der Waals surface area contributed by atoms with Crippen molar-refractivity contribution >= 4 is 23.6 Å². The van der Waals surface area contributed by atoms with Gasteiger partial charge >= 0.3 is 5.97 Å². The SMILES string of the molecule is CCOC(=O)c1cc(-c2ccc(F)c(Cl)c2)nn(CC=Cc2ccccc2)c1=O. The molecule has 5 nitrogen and oxygen atoms in total. The fraction of sp³-hybridized carbons (Fsp3) is 0.136. The van der Waals surface area contributed by atoms with E-state index in [4.69, 9.17) is 16.3 Å². The first kappa shape index (κ1) is 20.5. The molecule has 0 saturated carbocycles. The molecule has 148 valence electrons. The Morgan fingerprint density at radius 2 is 1.97 bits per heavy atom. The summed E-state index contributed by atoms with van der Waals surface area (Å²) < 4.78 is 19.7. The first-order valence-corrected chi connectivity index (χ1v) is 9.33. The Kier molecular flexibility index (Phi) is 6.57. The predicted molar refractivity (Wildman–Crippen MR) is 110 cm³/mol. The fourth-order valence-electron chi connectivity index (χ4n) is 2.67. The smallest absolute Gasteiger partial charge is 0.343 e. The molecule has 0 fully saturated rings. The molecule has 0 unspecified atom stereocenters. The second kappa shape index (κ2) is 9.30. The molecule has 0 N–H and O–H groups in total. The van der Waals surface area contributed by atoms with Gasteiger partial charge in [0, 0.05) is 5.56 Å². The van der Waals surface area contributed by atoms with E-state index in [-0.39, 0.29) is 23.7 Å². The number of ether oxygens (including phenoxy) is 1. The van der Waals surface area contributed by atoms with Crippen molar-refractivity contribution in [2.45, 2.75) is 13.5 Å². The summed E-state index contributed by atoms with van der Waals surface area (Å²) in [6.07, 6.45) is 3.61. The van der Waals surface area contributed by atoms with Crippen LogP contribution in [0.3, 0.4) is 0 Å². The van der Waals surface area contributed by atoms with Crippen LogP contribution in [0, 0.1) is 5.82 Å². The summed E-state index contributed by atoms with van der Waals surface area (Å²) in [7, 11) is 0. The third-order valence-corrected chi connectivity index (χ3v) is 4.36. The zero-order valence-electron chi connectivity index (χ0n) is 15.6. The van der Waals surface area contributed by atoms with Crippen molar-refractivity contribution in [3.05, 3.63) is 93.0 Å². The molecule has 0 aliphatic carbocycles. The number of allylic oxidation sites excluding steroid dienone is 1. The summed E-state index contributed by atoms with van der Waals surface area (Å²) in [6.45, 7) is 1.93. The van der Waals surface area contributed by atoms with Crippen LogP contribution in [0.15, 0.2) is 65.5 Å². The van der Waals surface area contributed by atoms with Crippen LogP contribution in [-0.4, -0.2) is 22.4 Å². The summed E-state index contributed by atoms with van der Waals surface area (Å²) in [6, 6.07) is 15.0. The Morgan fingerprint density at radius 3 is 2.66 bits per heavy atom. The van der Waals surface area contributed by atoms with Crippen molar-refractivity contribution in [2.24, 2.45) is 0 Å². The monoisotopic (exact) mass is 412 g/mol. The average molecular weight is 413 g/mol. The fourth-order valence-corrected chi connectivity index (χ4v) is 2.85. The lowest BCUT2D eigenvalue weighted by molar-refractivity contribution is 0.0523. The Balaban J connectivity index is 2.02. The first-order chi connectivity index (χ1) is 14.0. The van der Waals surface area contributed by atoms with Crippen molar-refractivity contribution in [3.63, 3.8) is 0 Å². The van der Waals surface area contributed by atoms with E-state index in [9.17, 15) is 14.0 Å². The number of aromatic nitrogens is 2. The number of hydrogen-bond acceptors (Lipinski definition) is 4. The first-order valence-electron chi connectivity index (χ1n) is 8.96. The highest BCUT2D eigenvalue weighted by Gasteiger charge is 2.17. The van der Waals surface area contributed by atoms with Crippen molar-refractivity contribution in [2.75, 3.05) is 6.61 Å². The van der Waals surface area contributed by atoms with Gasteiger partial charge in [-0.25, -0.2) is 13.9 Å². The number of carbonyl (C=O) groups is 1. The van der Waals surface area contributed by atoms with Gasteiger partial charge in [0.25, 0.3) is 5.56 Å². The molecular formula is C22H18ClFN2O3. The maximum Gasteiger partial charge on any atom is 0.343 e. The highest BCUT2D eigenvalue weighted by atomic mass is 35.5. The van der Waals surface area contributed by atoms with Crippen LogP contribution in [0.5, 0.6) is 0 Å². The van der Waals surface area contributed by atoms with Gasteiger partial charge in [0.15, 0.2) is 0 Å². The second-order valence-electron chi connectivity index (χ2n) is 6.09. The molecule has 1 heterocycles. The molecular weight excluding hydrogens is 395 g/mol. The summed E-state index contributed by atoms with van der Waals surface area (Å²) in [5.74, 6) is -1.31. The lowest BCUT2D eigenvalue weighted by atomic mass is 10.1. The molecule has 0 bridgehead atoms. The highest BCUT2D eigenvalue weighted by molar-refractivity contribution is 6.31. The van der Waals surface area contributed by atoms with Gasteiger partial charge in [-0.1, -0.05) is 54.1 Å². The molecule has 1 aromatic heterocycles. The molecule has 7 heteroatoms. The van der Waals surface area contributed by atoms with Crippen molar-refractivity contribution in [1.29, 1.82) is 0 Å². The minimum atomic E-state index is -0.741. The van der Waals surface area contributed by atoms with Crippen LogP contribution in [0.2, 0.25) is 5.02 Å². The quantitative estimate of drug-likeness (QED) is 0.555. The largest absolute Gasteiger partial charge is 0.462 e. The molecule has 3 aromatic rings. The lowest BCUT2D eigenvalue weighted by Crippen LogP contribution is -2.29. The number of carbonyl (C=O) groups excluding carboxylic acids is 1. The van der Waals surface area contributed by atoms with Crippen LogP contribution in [0.4, 0.5) is 4.39 Å². The standard InChI is InChI=1S/C22H18ClFN2O3/c1-2-29-22(28)17-14-20(16-10-11-19(24)18(23)13-16)25-26(21(17)27)12-6-9-15-7-4-3-5-8-15/h3-11,13-14H,2,12H2,1H3. The minimum absolute atomic E-state index is 0.0799. The van der Waals surface area contributed by atoms with E-state index in [0.717, 1.165) is 10.2 Å². The molecule has 0 atom stereocenters. The summed E-state index contributed by atoms with van der Waals surface area (Å²) in [5, 5.41) is 4.23. The maximum atomic E-state index is 13.5. The van der Waals surface area contributed by atoms with E-state index in [1.807, 2.05) is 36.4 Å². The van der Waals surface area contributed by atoms with E-state index in [1.165, 1.54) is 24.3 Å². The van der Waals surface area contributed by atoms with E-state index >= 15 is 0 Å². The maximum absolute atomic E-state index is 13.5. The summed E-state index contributed by atoms with van der Waals surface area (Å²) >= 11 is 5.86. The van der Waals surface area contributed by atoms with Gasteiger partial charge in [-0.2, -0.15) is 5.10 Å². The average Bonchev–Trinajstić information content (AvgIpc) is 2.72. The number of rotatable bonds is 6. The van der Waals surface area contributed by atoms with Crippen molar-refractivity contribution in [1.82, 2.24) is 9.78 Å². The Hall–Kier alpha value is -3.25. The Bertz CT molecular complexity index is 1110. The number of halogens is 2. The predicted octanol–water partition coefficient (Wildman–Crippen LogP) is 4.59. The number of esters is 1.